The number of sulfonamides is 1. The lowest BCUT2D eigenvalue weighted by atomic mass is 10.2. The van der Waals surface area contributed by atoms with Crippen molar-refractivity contribution in [1.29, 1.82) is 0 Å². The number of aromatic nitrogens is 3. The van der Waals surface area contributed by atoms with Crippen LogP contribution in [0.2, 0.25) is 0 Å². The molecule has 0 spiro atoms. The monoisotopic (exact) mass is 248 g/mol. The highest BCUT2D eigenvalue weighted by Gasteiger charge is 2.18. The summed E-state index contributed by atoms with van der Waals surface area (Å²) in [5, 5.41) is 12.1. The van der Waals surface area contributed by atoms with E-state index in [1.807, 2.05) is 6.92 Å². The number of methoxy groups -OCH3 is 1. The summed E-state index contributed by atoms with van der Waals surface area (Å²) in [6.45, 7) is 1.93. The number of hydrogen-bond donors (Lipinski definition) is 1. The lowest BCUT2D eigenvalue weighted by molar-refractivity contribution is 0.110. The Bertz CT molecular complexity index is 454. The fourth-order valence-corrected chi connectivity index (χ4v) is 1.90. The highest BCUT2D eigenvalue weighted by molar-refractivity contribution is 7.89. The third-order valence-corrected chi connectivity index (χ3v) is 3.22. The molecule has 0 aliphatic carbocycles. The molecule has 92 valence electrons. The van der Waals surface area contributed by atoms with Crippen LogP contribution in [0.3, 0.4) is 0 Å². The molecule has 7 nitrogen and oxygen atoms in total. The molecule has 0 bridgehead atoms. The van der Waals surface area contributed by atoms with Gasteiger partial charge in [0.25, 0.3) is 15.2 Å². The van der Waals surface area contributed by atoms with Gasteiger partial charge in [0.05, 0.1) is 6.10 Å². The second kappa shape index (κ2) is 4.89. The maximum absolute atomic E-state index is 11.1. The highest BCUT2D eigenvalue weighted by Crippen LogP contribution is 2.08. The molecule has 2 N–H and O–H groups in total. The van der Waals surface area contributed by atoms with Crippen LogP contribution in [0.15, 0.2) is 5.16 Å². The van der Waals surface area contributed by atoms with Gasteiger partial charge < -0.3 is 9.30 Å². The first kappa shape index (κ1) is 13.1. The van der Waals surface area contributed by atoms with E-state index in [0.29, 0.717) is 12.2 Å². The molecule has 0 aromatic carbocycles. The maximum atomic E-state index is 11.1. The number of nitrogens with two attached hydrogens (primary N) is 1. The van der Waals surface area contributed by atoms with Gasteiger partial charge in [-0.1, -0.05) is 0 Å². The fourth-order valence-electron chi connectivity index (χ4n) is 1.26. The van der Waals surface area contributed by atoms with Crippen molar-refractivity contribution in [2.75, 3.05) is 7.11 Å². The first-order chi connectivity index (χ1) is 7.36. The molecule has 1 atom stereocenters. The van der Waals surface area contributed by atoms with Crippen molar-refractivity contribution >= 4 is 10.0 Å². The van der Waals surface area contributed by atoms with Crippen LogP contribution in [-0.2, 0) is 28.2 Å². The number of nitrogens with zero attached hydrogens (tertiary/aromatic N) is 3. The molecular formula is C8H16N4O3S. The van der Waals surface area contributed by atoms with Crippen molar-refractivity contribution in [3.63, 3.8) is 0 Å². The number of aryl methyl sites for hydroxylation is 1. The topological polar surface area (TPSA) is 100 Å². The molecule has 0 aliphatic rings. The Balaban J connectivity index is 2.81. The maximum Gasteiger partial charge on any atom is 0.273 e. The van der Waals surface area contributed by atoms with Crippen LogP contribution in [-0.4, -0.2) is 36.4 Å². The number of primary sulfonamides is 1. The molecule has 1 rings (SSSR count). The summed E-state index contributed by atoms with van der Waals surface area (Å²) < 4.78 is 28.7. The van der Waals surface area contributed by atoms with E-state index in [9.17, 15) is 8.42 Å². The van der Waals surface area contributed by atoms with Crippen LogP contribution >= 0.6 is 0 Å². The summed E-state index contributed by atoms with van der Waals surface area (Å²) in [5.74, 6) is 0.577. The van der Waals surface area contributed by atoms with E-state index in [-0.39, 0.29) is 11.3 Å². The lowest BCUT2D eigenvalue weighted by Gasteiger charge is -2.08. The molecular weight excluding hydrogens is 232 g/mol. The number of ether oxygens (including phenoxy) is 1. The first-order valence-electron chi connectivity index (χ1n) is 4.80. The van der Waals surface area contributed by atoms with Gasteiger partial charge in [0.1, 0.15) is 5.82 Å². The third-order valence-electron chi connectivity index (χ3n) is 2.36. The Morgan fingerprint density at radius 1 is 1.50 bits per heavy atom. The van der Waals surface area contributed by atoms with Gasteiger partial charge in [-0.15, -0.1) is 10.2 Å². The SMILES string of the molecule is COC(C)CCc1nnc(S(N)(=O)=O)n1C. The van der Waals surface area contributed by atoms with Crippen LogP contribution in [0.4, 0.5) is 0 Å². The molecule has 0 aliphatic heterocycles. The van der Waals surface area contributed by atoms with Crippen LogP contribution in [0.5, 0.6) is 0 Å². The van der Waals surface area contributed by atoms with E-state index in [1.54, 1.807) is 14.2 Å². The summed E-state index contributed by atoms with van der Waals surface area (Å²) in [4.78, 5) is 0. The van der Waals surface area contributed by atoms with Crippen molar-refractivity contribution < 1.29 is 13.2 Å². The van der Waals surface area contributed by atoms with Gasteiger partial charge in [-0.3, -0.25) is 0 Å². The Labute approximate surface area is 94.7 Å². The minimum Gasteiger partial charge on any atom is -0.382 e. The Morgan fingerprint density at radius 2 is 2.12 bits per heavy atom. The molecule has 16 heavy (non-hydrogen) atoms. The summed E-state index contributed by atoms with van der Waals surface area (Å²) >= 11 is 0. The second-order valence-corrected chi connectivity index (χ2v) is 5.04. The smallest absolute Gasteiger partial charge is 0.273 e. The standard InChI is InChI=1S/C8H16N4O3S/c1-6(15-3)4-5-7-10-11-8(12(7)2)16(9,13)14/h6H,4-5H2,1-3H3,(H2,9,13,14). The summed E-state index contributed by atoms with van der Waals surface area (Å²) in [5.41, 5.74) is 0. The average molecular weight is 248 g/mol. The predicted octanol–water partition coefficient (Wildman–Crippen LogP) is -0.570. The van der Waals surface area contributed by atoms with E-state index >= 15 is 0 Å². The molecule has 0 radical (unpaired) electrons. The normalized spacial score (nSPS) is 14.0. The predicted molar refractivity (Wildman–Crippen MR) is 57.2 cm³/mol. The van der Waals surface area contributed by atoms with Crippen LogP contribution in [0.1, 0.15) is 19.2 Å². The van der Waals surface area contributed by atoms with Crippen molar-refractivity contribution in [1.82, 2.24) is 14.8 Å². The number of hydrogen-bond acceptors (Lipinski definition) is 5. The third kappa shape index (κ3) is 3.00. The zero-order chi connectivity index (χ0) is 12.3. The van der Waals surface area contributed by atoms with Gasteiger partial charge in [-0.05, 0) is 13.3 Å². The molecule has 8 heteroatoms. The van der Waals surface area contributed by atoms with Crippen LogP contribution < -0.4 is 5.14 Å². The van der Waals surface area contributed by atoms with Gasteiger partial charge in [-0.2, -0.15) is 0 Å². The highest BCUT2D eigenvalue weighted by atomic mass is 32.2. The number of rotatable bonds is 5. The van der Waals surface area contributed by atoms with E-state index in [1.165, 1.54) is 4.57 Å². The molecule has 0 saturated carbocycles. The van der Waals surface area contributed by atoms with Gasteiger partial charge in [0.2, 0.25) is 0 Å². The van der Waals surface area contributed by atoms with E-state index in [2.05, 4.69) is 10.2 Å². The van der Waals surface area contributed by atoms with Crippen LogP contribution in [0.25, 0.3) is 0 Å². The lowest BCUT2D eigenvalue weighted by Crippen LogP contribution is -2.18. The summed E-state index contributed by atoms with van der Waals surface area (Å²) in [7, 11) is -0.601. The fraction of sp³-hybridized carbons (Fsp3) is 0.750. The van der Waals surface area contributed by atoms with Gasteiger partial charge in [0, 0.05) is 20.6 Å². The molecule has 1 heterocycles. The first-order valence-corrected chi connectivity index (χ1v) is 6.34. The van der Waals surface area contributed by atoms with E-state index in [0.717, 1.165) is 6.42 Å². The Morgan fingerprint density at radius 3 is 2.56 bits per heavy atom. The zero-order valence-electron chi connectivity index (χ0n) is 9.54. The molecule has 0 amide bonds. The minimum absolute atomic E-state index is 0.0923. The van der Waals surface area contributed by atoms with Gasteiger partial charge in [-0.25, -0.2) is 13.6 Å². The second-order valence-electron chi connectivity index (χ2n) is 3.59. The van der Waals surface area contributed by atoms with Crippen molar-refractivity contribution in [2.45, 2.75) is 31.0 Å². The van der Waals surface area contributed by atoms with Crippen molar-refractivity contribution in [2.24, 2.45) is 12.2 Å². The zero-order valence-corrected chi connectivity index (χ0v) is 10.4. The van der Waals surface area contributed by atoms with Gasteiger partial charge >= 0.3 is 0 Å². The summed E-state index contributed by atoms with van der Waals surface area (Å²) in [6, 6.07) is 0. The van der Waals surface area contributed by atoms with Gasteiger partial charge in [0.15, 0.2) is 0 Å². The Hall–Kier alpha value is -0.990. The van der Waals surface area contributed by atoms with Crippen LogP contribution in [0, 0.1) is 0 Å². The molecule has 1 aromatic rings. The largest absolute Gasteiger partial charge is 0.382 e. The quantitative estimate of drug-likeness (QED) is 0.752. The summed E-state index contributed by atoms with van der Waals surface area (Å²) in [6.07, 6.45) is 1.43. The van der Waals surface area contributed by atoms with Crippen molar-refractivity contribution in [3.05, 3.63) is 5.82 Å². The van der Waals surface area contributed by atoms with E-state index < -0.39 is 10.0 Å². The average Bonchev–Trinajstić information content (AvgIpc) is 2.55. The Kier molecular flexibility index (Phi) is 4.00. The molecule has 0 saturated heterocycles. The van der Waals surface area contributed by atoms with E-state index in [4.69, 9.17) is 9.88 Å². The molecule has 0 fully saturated rings. The molecule has 1 aromatic heterocycles. The molecule has 1 unspecified atom stereocenters. The van der Waals surface area contributed by atoms with Crippen molar-refractivity contribution in [3.8, 4) is 0 Å². The minimum atomic E-state index is -3.80.